The molecule has 0 unspecified atom stereocenters. The third kappa shape index (κ3) is 3.82. The fraction of sp³-hybridized carbons (Fsp3) is 0.222. The van der Waals surface area contributed by atoms with Gasteiger partial charge in [0.2, 0.25) is 5.91 Å². The highest BCUT2D eigenvalue weighted by Crippen LogP contribution is 2.13. The normalized spacial score (nSPS) is 11.9. The third-order valence-electron chi connectivity index (χ3n) is 3.81. The van der Waals surface area contributed by atoms with Gasteiger partial charge in [-0.15, -0.1) is 0 Å². The largest absolute Gasteiger partial charge is 0.467 e. The Labute approximate surface area is 144 Å². The second-order valence-corrected chi connectivity index (χ2v) is 5.67. The van der Waals surface area contributed by atoms with Gasteiger partial charge in [0, 0.05) is 17.5 Å². The molecule has 3 rings (SSSR count). The molecule has 0 aromatic carbocycles. The van der Waals surface area contributed by atoms with Crippen LogP contribution in [0, 0.1) is 6.92 Å². The highest BCUT2D eigenvalue weighted by Gasteiger charge is 2.16. The van der Waals surface area contributed by atoms with E-state index in [1.54, 1.807) is 43.6 Å². The van der Waals surface area contributed by atoms with E-state index in [9.17, 15) is 9.59 Å². The van der Waals surface area contributed by atoms with E-state index >= 15 is 0 Å². The van der Waals surface area contributed by atoms with Crippen LogP contribution >= 0.6 is 0 Å². The molecule has 0 saturated heterocycles. The van der Waals surface area contributed by atoms with Crippen LogP contribution in [-0.2, 0) is 11.2 Å². The number of aryl methyl sites for hydroxylation is 1. The number of aromatic amines is 1. The van der Waals surface area contributed by atoms with Crippen LogP contribution in [0.4, 0.5) is 0 Å². The van der Waals surface area contributed by atoms with E-state index < -0.39 is 0 Å². The lowest BCUT2D eigenvalue weighted by Crippen LogP contribution is -2.31. The number of H-pyrrole nitrogens is 1. The monoisotopic (exact) mass is 338 g/mol. The Morgan fingerprint density at radius 1 is 1.32 bits per heavy atom. The Morgan fingerprint density at radius 2 is 2.16 bits per heavy atom. The number of rotatable bonds is 5. The van der Waals surface area contributed by atoms with Crippen molar-refractivity contribution in [1.82, 2.24) is 20.3 Å². The summed E-state index contributed by atoms with van der Waals surface area (Å²) in [6.45, 7) is 3.52. The molecule has 1 amide bonds. The maximum absolute atomic E-state index is 12.4. The van der Waals surface area contributed by atoms with Crippen LogP contribution in [0.1, 0.15) is 30.0 Å². The van der Waals surface area contributed by atoms with E-state index in [-0.39, 0.29) is 23.9 Å². The van der Waals surface area contributed by atoms with Crippen molar-refractivity contribution < 1.29 is 9.21 Å². The number of furan rings is 1. The number of carbonyl (C=O) groups excluding carboxylic acids is 1. The Kier molecular flexibility index (Phi) is 4.74. The SMILES string of the molecule is Cc1nc(-c2ccccn2)[nH]c(=O)c1CC(=O)N[C@@H](C)c1ccco1. The summed E-state index contributed by atoms with van der Waals surface area (Å²) in [5.41, 5.74) is 1.08. The molecule has 0 fully saturated rings. The summed E-state index contributed by atoms with van der Waals surface area (Å²) < 4.78 is 5.26. The summed E-state index contributed by atoms with van der Waals surface area (Å²) in [5.74, 6) is 0.767. The molecule has 0 aliphatic carbocycles. The van der Waals surface area contributed by atoms with Crippen molar-refractivity contribution in [1.29, 1.82) is 0 Å². The average molecular weight is 338 g/mol. The molecule has 3 aromatic heterocycles. The quantitative estimate of drug-likeness (QED) is 0.742. The number of hydrogen-bond donors (Lipinski definition) is 2. The van der Waals surface area contributed by atoms with Crippen LogP contribution in [0.2, 0.25) is 0 Å². The molecule has 0 radical (unpaired) electrons. The third-order valence-corrected chi connectivity index (χ3v) is 3.81. The zero-order valence-electron chi connectivity index (χ0n) is 13.9. The van der Waals surface area contributed by atoms with Gasteiger partial charge >= 0.3 is 0 Å². The molecule has 0 aliphatic rings. The molecule has 3 heterocycles. The fourth-order valence-electron chi connectivity index (χ4n) is 2.50. The van der Waals surface area contributed by atoms with Crippen LogP contribution in [-0.4, -0.2) is 20.9 Å². The molecule has 2 N–H and O–H groups in total. The van der Waals surface area contributed by atoms with Gasteiger partial charge in [-0.1, -0.05) is 6.07 Å². The Balaban J connectivity index is 1.77. The number of carbonyl (C=O) groups is 1. The van der Waals surface area contributed by atoms with E-state index in [0.717, 1.165) is 0 Å². The Bertz CT molecular complexity index is 917. The zero-order valence-corrected chi connectivity index (χ0v) is 13.9. The lowest BCUT2D eigenvalue weighted by molar-refractivity contribution is -0.121. The molecular weight excluding hydrogens is 320 g/mol. The first-order chi connectivity index (χ1) is 12.0. The van der Waals surface area contributed by atoms with Crippen LogP contribution in [0.3, 0.4) is 0 Å². The number of nitrogens with zero attached hydrogens (tertiary/aromatic N) is 2. The molecule has 0 saturated carbocycles. The summed E-state index contributed by atoms with van der Waals surface area (Å²) in [4.78, 5) is 35.8. The topological polar surface area (TPSA) is 101 Å². The number of nitrogens with one attached hydrogen (secondary N) is 2. The summed E-state index contributed by atoms with van der Waals surface area (Å²) in [6.07, 6.45) is 3.12. The maximum atomic E-state index is 12.4. The van der Waals surface area contributed by atoms with E-state index in [4.69, 9.17) is 4.42 Å². The van der Waals surface area contributed by atoms with Gasteiger partial charge < -0.3 is 14.7 Å². The summed E-state index contributed by atoms with van der Waals surface area (Å²) in [5, 5.41) is 2.81. The standard InChI is InChI=1S/C18H18N4O3/c1-11-13(10-16(23)20-12(2)15-7-5-9-25-15)18(24)22-17(21-11)14-6-3-4-8-19-14/h3-9,12H,10H2,1-2H3,(H,20,23)(H,21,22,24)/t12-/m0/s1. The van der Waals surface area contributed by atoms with Gasteiger partial charge in [-0.05, 0) is 38.1 Å². The minimum Gasteiger partial charge on any atom is -0.467 e. The van der Waals surface area contributed by atoms with Crippen molar-refractivity contribution in [3.63, 3.8) is 0 Å². The minimum absolute atomic E-state index is 0.0539. The van der Waals surface area contributed by atoms with Gasteiger partial charge in [0.25, 0.3) is 5.56 Å². The first-order valence-electron chi connectivity index (χ1n) is 7.88. The zero-order chi connectivity index (χ0) is 17.8. The summed E-state index contributed by atoms with van der Waals surface area (Å²) in [6, 6.07) is 8.62. The minimum atomic E-state index is -0.339. The fourth-order valence-corrected chi connectivity index (χ4v) is 2.50. The van der Waals surface area contributed by atoms with Crippen LogP contribution in [0.5, 0.6) is 0 Å². The number of amides is 1. The highest BCUT2D eigenvalue weighted by molar-refractivity contribution is 5.79. The molecule has 0 spiro atoms. The molecule has 0 aliphatic heterocycles. The molecule has 25 heavy (non-hydrogen) atoms. The van der Waals surface area contributed by atoms with Crippen molar-refractivity contribution in [2.75, 3.05) is 0 Å². The molecule has 3 aromatic rings. The molecule has 1 atom stereocenters. The predicted octanol–water partition coefficient (Wildman–Crippen LogP) is 2.15. The maximum Gasteiger partial charge on any atom is 0.255 e. The van der Waals surface area contributed by atoms with E-state index in [1.165, 1.54) is 0 Å². The number of pyridine rings is 1. The van der Waals surface area contributed by atoms with E-state index in [2.05, 4.69) is 20.3 Å². The van der Waals surface area contributed by atoms with Crippen molar-refractivity contribution in [3.05, 3.63) is 70.2 Å². The van der Waals surface area contributed by atoms with Gasteiger partial charge in [-0.3, -0.25) is 14.6 Å². The molecule has 0 bridgehead atoms. The van der Waals surface area contributed by atoms with E-state index in [0.29, 0.717) is 28.5 Å². The Hall–Kier alpha value is -3.22. The van der Waals surface area contributed by atoms with Crippen LogP contribution < -0.4 is 10.9 Å². The van der Waals surface area contributed by atoms with Gasteiger partial charge in [-0.2, -0.15) is 0 Å². The second-order valence-electron chi connectivity index (χ2n) is 5.67. The first kappa shape index (κ1) is 16.6. The Morgan fingerprint density at radius 3 is 2.80 bits per heavy atom. The molecule has 128 valence electrons. The predicted molar refractivity (Wildman–Crippen MR) is 91.8 cm³/mol. The van der Waals surface area contributed by atoms with Gasteiger partial charge in [0.05, 0.1) is 18.7 Å². The highest BCUT2D eigenvalue weighted by atomic mass is 16.3. The smallest absolute Gasteiger partial charge is 0.255 e. The number of hydrogen-bond acceptors (Lipinski definition) is 5. The van der Waals surface area contributed by atoms with E-state index in [1.807, 2.05) is 13.0 Å². The van der Waals surface area contributed by atoms with Crippen LogP contribution in [0.25, 0.3) is 11.5 Å². The van der Waals surface area contributed by atoms with Gasteiger partial charge in [0.15, 0.2) is 5.82 Å². The molecule has 7 heteroatoms. The summed E-state index contributed by atoms with van der Waals surface area (Å²) in [7, 11) is 0. The molecular formula is C18H18N4O3. The second kappa shape index (κ2) is 7.12. The molecule has 7 nitrogen and oxygen atoms in total. The van der Waals surface area contributed by atoms with Crippen LogP contribution in [0.15, 0.2) is 52.0 Å². The van der Waals surface area contributed by atoms with Crippen molar-refractivity contribution in [3.8, 4) is 11.5 Å². The van der Waals surface area contributed by atoms with Gasteiger partial charge in [-0.25, -0.2) is 4.98 Å². The van der Waals surface area contributed by atoms with Crippen molar-refractivity contribution >= 4 is 5.91 Å². The van der Waals surface area contributed by atoms with Crippen molar-refractivity contribution in [2.24, 2.45) is 0 Å². The lowest BCUT2D eigenvalue weighted by atomic mass is 10.1. The number of aromatic nitrogens is 3. The first-order valence-corrected chi connectivity index (χ1v) is 7.88. The average Bonchev–Trinajstić information content (AvgIpc) is 3.13. The van der Waals surface area contributed by atoms with Gasteiger partial charge in [0.1, 0.15) is 11.5 Å². The lowest BCUT2D eigenvalue weighted by Gasteiger charge is -2.12. The summed E-state index contributed by atoms with van der Waals surface area (Å²) >= 11 is 0. The van der Waals surface area contributed by atoms with Crippen molar-refractivity contribution in [2.45, 2.75) is 26.3 Å².